The molecule has 0 unspecified atom stereocenters. The third-order valence-corrected chi connectivity index (χ3v) is 6.62. The zero-order valence-electron chi connectivity index (χ0n) is 17.5. The number of hydrogen-bond donors (Lipinski definition) is 1. The molecule has 2 saturated heterocycles. The fourth-order valence-corrected chi connectivity index (χ4v) is 5.10. The Bertz CT molecular complexity index is 1010. The van der Waals surface area contributed by atoms with E-state index in [0.29, 0.717) is 26.1 Å². The molecule has 2 fully saturated rings. The van der Waals surface area contributed by atoms with Crippen molar-refractivity contribution in [2.75, 3.05) is 29.6 Å². The first-order valence-corrected chi connectivity index (χ1v) is 10.8. The Morgan fingerprint density at radius 3 is 2.61 bits per heavy atom. The molecule has 0 aromatic heterocycles. The van der Waals surface area contributed by atoms with Crippen molar-refractivity contribution in [1.29, 1.82) is 0 Å². The zero-order valence-corrected chi connectivity index (χ0v) is 17.5. The minimum atomic E-state index is -0.990. The number of amides is 2. The minimum Gasteiger partial charge on any atom is -0.447 e. The average molecular weight is 422 g/mol. The lowest BCUT2D eigenvalue weighted by Gasteiger charge is -2.28. The quantitative estimate of drug-likeness (QED) is 0.801. The highest BCUT2D eigenvalue weighted by Crippen LogP contribution is 2.53. The van der Waals surface area contributed by atoms with Crippen LogP contribution in [0, 0.1) is 5.92 Å². The highest BCUT2D eigenvalue weighted by molar-refractivity contribution is 6.07. The van der Waals surface area contributed by atoms with Crippen LogP contribution in [0.15, 0.2) is 48.5 Å². The summed E-state index contributed by atoms with van der Waals surface area (Å²) in [6.07, 6.45) is 0.816. The summed E-state index contributed by atoms with van der Waals surface area (Å²) >= 11 is 0. The molecule has 162 valence electrons. The summed E-state index contributed by atoms with van der Waals surface area (Å²) < 4.78 is 11.4. The SMILES string of the molecule is C[C@H]1C[C@@H](CCO)O[C@]12C(=O)N(Cc1ccc(N3CCOC3=O)cc1)c1ccccc12. The molecule has 2 aromatic rings. The molecule has 1 N–H and O–H groups in total. The first kappa shape index (κ1) is 20.0. The summed E-state index contributed by atoms with van der Waals surface area (Å²) in [5.74, 6) is -0.0277. The predicted molar refractivity (Wildman–Crippen MR) is 115 cm³/mol. The van der Waals surface area contributed by atoms with Crippen molar-refractivity contribution in [3.05, 3.63) is 59.7 Å². The average Bonchev–Trinajstić information content (AvgIpc) is 3.41. The summed E-state index contributed by atoms with van der Waals surface area (Å²) in [4.78, 5) is 28.9. The van der Waals surface area contributed by atoms with Gasteiger partial charge in [-0.25, -0.2) is 4.79 Å². The lowest BCUT2D eigenvalue weighted by Crippen LogP contribution is -2.43. The maximum absolute atomic E-state index is 13.7. The maximum Gasteiger partial charge on any atom is 0.414 e. The third kappa shape index (κ3) is 3.11. The number of para-hydroxylation sites is 1. The van der Waals surface area contributed by atoms with Gasteiger partial charge in [-0.3, -0.25) is 9.69 Å². The van der Waals surface area contributed by atoms with Crippen LogP contribution in [0.1, 0.15) is 30.9 Å². The Labute approximate surface area is 181 Å². The van der Waals surface area contributed by atoms with E-state index in [-0.39, 0.29) is 30.6 Å². The summed E-state index contributed by atoms with van der Waals surface area (Å²) in [6, 6.07) is 15.5. The van der Waals surface area contributed by atoms with E-state index in [1.54, 1.807) is 9.80 Å². The van der Waals surface area contributed by atoms with Gasteiger partial charge in [-0.05, 0) is 36.6 Å². The predicted octanol–water partition coefficient (Wildman–Crippen LogP) is 3.19. The van der Waals surface area contributed by atoms with Crippen LogP contribution in [-0.2, 0) is 26.4 Å². The number of fused-ring (bicyclic) bond motifs is 2. The van der Waals surface area contributed by atoms with E-state index in [2.05, 4.69) is 6.92 Å². The van der Waals surface area contributed by atoms with E-state index >= 15 is 0 Å². The van der Waals surface area contributed by atoms with E-state index in [4.69, 9.17) is 9.47 Å². The van der Waals surface area contributed by atoms with Crippen molar-refractivity contribution in [2.24, 2.45) is 5.92 Å². The van der Waals surface area contributed by atoms with Gasteiger partial charge < -0.3 is 19.5 Å². The first-order valence-electron chi connectivity index (χ1n) is 10.8. The van der Waals surface area contributed by atoms with Gasteiger partial charge >= 0.3 is 6.09 Å². The number of carbonyl (C=O) groups is 2. The number of nitrogens with zero attached hydrogens (tertiary/aromatic N) is 2. The molecular weight excluding hydrogens is 396 g/mol. The van der Waals surface area contributed by atoms with Crippen molar-refractivity contribution in [2.45, 2.75) is 38.0 Å². The Morgan fingerprint density at radius 1 is 1.13 bits per heavy atom. The number of cyclic esters (lactones) is 1. The Balaban J connectivity index is 1.43. The summed E-state index contributed by atoms with van der Waals surface area (Å²) in [7, 11) is 0. The van der Waals surface area contributed by atoms with Gasteiger partial charge in [0.1, 0.15) is 6.61 Å². The second-order valence-electron chi connectivity index (χ2n) is 8.47. The smallest absolute Gasteiger partial charge is 0.414 e. The molecule has 3 atom stereocenters. The van der Waals surface area contributed by atoms with Gasteiger partial charge in [-0.1, -0.05) is 37.3 Å². The van der Waals surface area contributed by atoms with Crippen molar-refractivity contribution >= 4 is 23.4 Å². The van der Waals surface area contributed by atoms with E-state index in [1.807, 2.05) is 48.5 Å². The van der Waals surface area contributed by atoms with E-state index in [0.717, 1.165) is 28.9 Å². The topological polar surface area (TPSA) is 79.3 Å². The Kier molecular flexibility index (Phi) is 4.95. The van der Waals surface area contributed by atoms with Crippen LogP contribution in [-0.4, -0.2) is 43.0 Å². The molecule has 0 saturated carbocycles. The number of rotatable bonds is 5. The number of hydrogen-bond acceptors (Lipinski definition) is 5. The normalized spacial score (nSPS) is 27.3. The van der Waals surface area contributed by atoms with Crippen LogP contribution in [0.5, 0.6) is 0 Å². The number of ether oxygens (including phenoxy) is 2. The zero-order chi connectivity index (χ0) is 21.6. The Hall–Kier alpha value is -2.90. The Morgan fingerprint density at radius 2 is 1.90 bits per heavy atom. The minimum absolute atomic E-state index is 0.0197. The molecule has 1 spiro atoms. The lowest BCUT2D eigenvalue weighted by molar-refractivity contribution is -0.146. The monoisotopic (exact) mass is 422 g/mol. The molecule has 3 aliphatic heterocycles. The van der Waals surface area contributed by atoms with E-state index in [9.17, 15) is 14.7 Å². The number of carbonyl (C=O) groups excluding carboxylic acids is 2. The summed E-state index contributed by atoms with van der Waals surface area (Å²) in [5.41, 5.74) is 2.54. The molecule has 3 heterocycles. The molecule has 0 radical (unpaired) electrons. The van der Waals surface area contributed by atoms with Crippen LogP contribution < -0.4 is 9.80 Å². The van der Waals surface area contributed by atoms with E-state index in [1.165, 1.54) is 0 Å². The van der Waals surface area contributed by atoms with Gasteiger partial charge in [0.2, 0.25) is 0 Å². The van der Waals surface area contributed by atoms with Crippen molar-refractivity contribution in [3.8, 4) is 0 Å². The number of anilines is 2. The lowest BCUT2D eigenvalue weighted by atomic mass is 9.83. The fraction of sp³-hybridized carbons (Fsp3) is 0.417. The van der Waals surface area contributed by atoms with Gasteiger partial charge in [0.25, 0.3) is 5.91 Å². The molecular formula is C24H26N2O5. The second-order valence-corrected chi connectivity index (χ2v) is 8.47. The molecule has 0 aliphatic carbocycles. The molecule has 3 aliphatic rings. The molecule has 2 aromatic carbocycles. The van der Waals surface area contributed by atoms with Gasteiger partial charge in [-0.15, -0.1) is 0 Å². The van der Waals surface area contributed by atoms with Crippen molar-refractivity contribution < 1.29 is 24.2 Å². The van der Waals surface area contributed by atoms with Crippen LogP contribution in [0.25, 0.3) is 0 Å². The highest BCUT2D eigenvalue weighted by Gasteiger charge is 2.59. The molecule has 7 nitrogen and oxygen atoms in total. The van der Waals surface area contributed by atoms with Crippen LogP contribution in [0.3, 0.4) is 0 Å². The summed E-state index contributed by atoms with van der Waals surface area (Å²) in [6.45, 7) is 3.46. The maximum atomic E-state index is 13.7. The number of aliphatic hydroxyl groups is 1. The standard InChI is InChI=1S/C24H26N2O5/c1-16-14-19(10-12-27)31-24(16)20-4-2-3-5-21(20)26(22(24)28)15-17-6-8-18(9-7-17)25-11-13-30-23(25)29/h2-9,16,19,27H,10-15H2,1H3/t16-,19+,24+/m0/s1. The largest absolute Gasteiger partial charge is 0.447 e. The number of benzene rings is 2. The fourth-order valence-electron chi connectivity index (χ4n) is 5.10. The number of aliphatic hydroxyl groups excluding tert-OH is 1. The molecule has 2 amide bonds. The van der Waals surface area contributed by atoms with Crippen LogP contribution >= 0.6 is 0 Å². The molecule has 0 bridgehead atoms. The van der Waals surface area contributed by atoms with E-state index < -0.39 is 5.60 Å². The van der Waals surface area contributed by atoms with Gasteiger partial charge in [-0.2, -0.15) is 0 Å². The van der Waals surface area contributed by atoms with Crippen molar-refractivity contribution in [3.63, 3.8) is 0 Å². The summed E-state index contributed by atoms with van der Waals surface area (Å²) in [5, 5.41) is 9.36. The third-order valence-electron chi connectivity index (χ3n) is 6.62. The van der Waals surface area contributed by atoms with Crippen LogP contribution in [0.2, 0.25) is 0 Å². The molecule has 7 heteroatoms. The molecule has 31 heavy (non-hydrogen) atoms. The van der Waals surface area contributed by atoms with Gasteiger partial charge in [0.15, 0.2) is 5.60 Å². The highest BCUT2D eigenvalue weighted by atomic mass is 16.6. The van der Waals surface area contributed by atoms with Crippen LogP contribution in [0.4, 0.5) is 16.2 Å². The molecule has 5 rings (SSSR count). The second kappa shape index (κ2) is 7.66. The first-order chi connectivity index (χ1) is 15.0. The van der Waals surface area contributed by atoms with Gasteiger partial charge in [0.05, 0.1) is 24.9 Å². The van der Waals surface area contributed by atoms with Crippen molar-refractivity contribution in [1.82, 2.24) is 0 Å². The van der Waals surface area contributed by atoms with Gasteiger partial charge in [0, 0.05) is 23.8 Å².